The zero-order valence-corrected chi connectivity index (χ0v) is 14.3. The van der Waals surface area contributed by atoms with Crippen LogP contribution in [0.3, 0.4) is 0 Å². The molecular weight excluding hydrogens is 286 g/mol. The van der Waals surface area contributed by atoms with E-state index in [-0.39, 0.29) is 0 Å². The second-order valence-electron chi connectivity index (χ2n) is 6.07. The highest BCUT2D eigenvalue weighted by Crippen LogP contribution is 2.23. The molecule has 2 rings (SSSR count). The van der Waals surface area contributed by atoms with E-state index >= 15 is 0 Å². The van der Waals surface area contributed by atoms with Crippen molar-refractivity contribution in [2.75, 3.05) is 20.3 Å². The maximum Gasteiger partial charge on any atom is 0.122 e. The molecule has 23 heavy (non-hydrogen) atoms. The van der Waals surface area contributed by atoms with Gasteiger partial charge < -0.3 is 15.2 Å². The van der Waals surface area contributed by atoms with Gasteiger partial charge in [-0.1, -0.05) is 44.2 Å². The van der Waals surface area contributed by atoms with Crippen LogP contribution >= 0.6 is 0 Å². The number of nitrogens with two attached hydrogens (primary N) is 1. The fourth-order valence-corrected chi connectivity index (χ4v) is 2.58. The molecule has 2 aromatic rings. The van der Waals surface area contributed by atoms with Gasteiger partial charge in [0.15, 0.2) is 0 Å². The maximum atomic E-state index is 5.95. The molecule has 0 aliphatic carbocycles. The molecule has 0 aromatic heterocycles. The molecule has 1 unspecified atom stereocenters. The van der Waals surface area contributed by atoms with Crippen LogP contribution in [0.1, 0.15) is 43.2 Å². The lowest BCUT2D eigenvalue weighted by Gasteiger charge is -2.17. The first-order valence-electron chi connectivity index (χ1n) is 8.20. The monoisotopic (exact) mass is 313 g/mol. The lowest BCUT2D eigenvalue weighted by Crippen LogP contribution is -2.15. The van der Waals surface area contributed by atoms with Gasteiger partial charge >= 0.3 is 0 Å². The summed E-state index contributed by atoms with van der Waals surface area (Å²) in [6.07, 6.45) is 0.898. The highest BCUT2D eigenvalue weighted by atomic mass is 16.5. The number of hydrogen-bond donors (Lipinski definition) is 1. The minimum absolute atomic E-state index is 0.321. The molecule has 2 aromatic carbocycles. The Morgan fingerprint density at radius 2 is 1.61 bits per heavy atom. The van der Waals surface area contributed by atoms with Crippen molar-refractivity contribution in [3.05, 3.63) is 59.7 Å². The Morgan fingerprint density at radius 3 is 2.22 bits per heavy atom. The van der Waals surface area contributed by atoms with Crippen molar-refractivity contribution in [3.8, 4) is 11.5 Å². The van der Waals surface area contributed by atoms with E-state index in [1.54, 1.807) is 7.11 Å². The molecule has 0 saturated carbocycles. The summed E-state index contributed by atoms with van der Waals surface area (Å²) in [5, 5.41) is 0. The average molecular weight is 313 g/mol. The van der Waals surface area contributed by atoms with Gasteiger partial charge in [-0.25, -0.2) is 0 Å². The van der Waals surface area contributed by atoms with Gasteiger partial charge in [-0.3, -0.25) is 0 Å². The van der Waals surface area contributed by atoms with Gasteiger partial charge in [0.25, 0.3) is 0 Å². The minimum Gasteiger partial charge on any atom is -0.497 e. The summed E-state index contributed by atoms with van der Waals surface area (Å²) in [5.41, 5.74) is 8.59. The zero-order valence-electron chi connectivity index (χ0n) is 14.3. The van der Waals surface area contributed by atoms with E-state index in [2.05, 4.69) is 38.1 Å². The SMILES string of the molecule is COc1cccc(OCCC(CN)c2ccc(C(C)C)cc2)c1. The van der Waals surface area contributed by atoms with Gasteiger partial charge in [-0.2, -0.15) is 0 Å². The third-order valence-electron chi connectivity index (χ3n) is 4.14. The molecule has 0 amide bonds. The van der Waals surface area contributed by atoms with Crippen LogP contribution in [0.15, 0.2) is 48.5 Å². The second-order valence-corrected chi connectivity index (χ2v) is 6.07. The Bertz CT molecular complexity index is 593. The van der Waals surface area contributed by atoms with Gasteiger partial charge in [0.1, 0.15) is 11.5 Å². The smallest absolute Gasteiger partial charge is 0.122 e. The average Bonchev–Trinajstić information content (AvgIpc) is 2.59. The van der Waals surface area contributed by atoms with E-state index in [0.29, 0.717) is 25.0 Å². The van der Waals surface area contributed by atoms with Crippen LogP contribution in [-0.2, 0) is 0 Å². The highest BCUT2D eigenvalue weighted by Gasteiger charge is 2.11. The molecule has 0 radical (unpaired) electrons. The van der Waals surface area contributed by atoms with Crippen molar-refractivity contribution in [3.63, 3.8) is 0 Å². The predicted molar refractivity (Wildman–Crippen MR) is 95.4 cm³/mol. The molecular formula is C20H27NO2. The van der Waals surface area contributed by atoms with Gasteiger partial charge in [-0.15, -0.1) is 0 Å². The molecule has 3 nitrogen and oxygen atoms in total. The fourth-order valence-electron chi connectivity index (χ4n) is 2.58. The third-order valence-corrected chi connectivity index (χ3v) is 4.14. The van der Waals surface area contributed by atoms with Crippen LogP contribution in [0.2, 0.25) is 0 Å². The molecule has 0 fully saturated rings. The van der Waals surface area contributed by atoms with Crippen LogP contribution in [-0.4, -0.2) is 20.3 Å². The Hall–Kier alpha value is -2.00. The molecule has 0 bridgehead atoms. The van der Waals surface area contributed by atoms with Crippen molar-refractivity contribution in [1.29, 1.82) is 0 Å². The lowest BCUT2D eigenvalue weighted by atomic mass is 9.93. The lowest BCUT2D eigenvalue weighted by molar-refractivity contribution is 0.296. The molecule has 2 N–H and O–H groups in total. The molecule has 1 atom stereocenters. The van der Waals surface area contributed by atoms with Crippen molar-refractivity contribution in [2.45, 2.75) is 32.1 Å². The Balaban J connectivity index is 1.91. The topological polar surface area (TPSA) is 44.5 Å². The summed E-state index contributed by atoms with van der Waals surface area (Å²) < 4.78 is 11.0. The molecule has 0 aliphatic heterocycles. The van der Waals surface area contributed by atoms with Crippen LogP contribution < -0.4 is 15.2 Å². The van der Waals surface area contributed by atoms with Crippen LogP contribution in [0.4, 0.5) is 0 Å². The van der Waals surface area contributed by atoms with Crippen molar-refractivity contribution in [2.24, 2.45) is 5.73 Å². The van der Waals surface area contributed by atoms with E-state index in [1.165, 1.54) is 11.1 Å². The van der Waals surface area contributed by atoms with E-state index in [4.69, 9.17) is 15.2 Å². The predicted octanol–water partition coefficient (Wildman–Crippen LogP) is 4.33. The van der Waals surface area contributed by atoms with Gasteiger partial charge in [0.05, 0.1) is 13.7 Å². The number of benzene rings is 2. The first-order chi connectivity index (χ1) is 11.1. The normalized spacial score (nSPS) is 12.2. The number of rotatable bonds is 8. The second kappa shape index (κ2) is 8.59. The molecule has 0 saturated heterocycles. The molecule has 0 heterocycles. The minimum atomic E-state index is 0.321. The quantitative estimate of drug-likeness (QED) is 0.789. The largest absolute Gasteiger partial charge is 0.497 e. The summed E-state index contributed by atoms with van der Waals surface area (Å²) >= 11 is 0. The molecule has 3 heteroatoms. The number of hydrogen-bond acceptors (Lipinski definition) is 3. The van der Waals surface area contributed by atoms with Crippen molar-refractivity contribution >= 4 is 0 Å². The Morgan fingerprint density at radius 1 is 0.957 bits per heavy atom. The van der Waals surface area contributed by atoms with Crippen LogP contribution in [0.25, 0.3) is 0 Å². The molecule has 124 valence electrons. The summed E-state index contributed by atoms with van der Waals surface area (Å²) in [7, 11) is 1.66. The Labute approximate surface area is 139 Å². The number of ether oxygens (including phenoxy) is 2. The fraction of sp³-hybridized carbons (Fsp3) is 0.400. The van der Waals surface area contributed by atoms with Crippen LogP contribution in [0.5, 0.6) is 11.5 Å². The summed E-state index contributed by atoms with van der Waals surface area (Å²) in [6, 6.07) is 16.5. The Kier molecular flexibility index (Phi) is 6.48. The third kappa shape index (κ3) is 5.00. The van der Waals surface area contributed by atoms with E-state index in [1.807, 2.05) is 24.3 Å². The van der Waals surface area contributed by atoms with E-state index in [9.17, 15) is 0 Å². The number of methoxy groups -OCH3 is 1. The van der Waals surface area contributed by atoms with Crippen molar-refractivity contribution < 1.29 is 9.47 Å². The first-order valence-corrected chi connectivity index (χ1v) is 8.20. The zero-order chi connectivity index (χ0) is 16.7. The molecule has 0 aliphatic rings. The summed E-state index contributed by atoms with van der Waals surface area (Å²) in [4.78, 5) is 0. The maximum absolute atomic E-state index is 5.95. The highest BCUT2D eigenvalue weighted by molar-refractivity contribution is 5.33. The van der Waals surface area contributed by atoms with Gasteiger partial charge in [0.2, 0.25) is 0 Å². The van der Waals surface area contributed by atoms with Gasteiger partial charge in [0, 0.05) is 6.07 Å². The van der Waals surface area contributed by atoms with Gasteiger partial charge in [-0.05, 0) is 48.1 Å². The van der Waals surface area contributed by atoms with Crippen molar-refractivity contribution in [1.82, 2.24) is 0 Å². The summed E-state index contributed by atoms with van der Waals surface area (Å²) in [5.74, 6) is 2.51. The van der Waals surface area contributed by atoms with E-state index in [0.717, 1.165) is 17.9 Å². The molecule has 0 spiro atoms. The standard InChI is InChI=1S/C20H27NO2/c1-15(2)16-7-9-17(10-8-16)18(14-21)11-12-23-20-6-4-5-19(13-20)22-3/h4-10,13,15,18H,11-12,14,21H2,1-3H3. The van der Waals surface area contributed by atoms with Crippen LogP contribution in [0, 0.1) is 0 Å². The first kappa shape index (κ1) is 17.4. The van der Waals surface area contributed by atoms with E-state index < -0.39 is 0 Å². The summed E-state index contributed by atoms with van der Waals surface area (Å²) in [6.45, 7) is 5.68.